The highest BCUT2D eigenvalue weighted by Crippen LogP contribution is 2.54. The van der Waals surface area contributed by atoms with E-state index in [-0.39, 0.29) is 36.0 Å². The molecule has 0 bridgehead atoms. The van der Waals surface area contributed by atoms with Crippen LogP contribution in [0.1, 0.15) is 47.0 Å². The highest BCUT2D eigenvalue weighted by molar-refractivity contribution is 5.76. The minimum absolute atomic E-state index is 0.0487. The first-order valence-electron chi connectivity index (χ1n) is 8.48. The van der Waals surface area contributed by atoms with Crippen molar-refractivity contribution in [1.29, 1.82) is 0 Å². The Balaban J connectivity index is 2.01. The summed E-state index contributed by atoms with van der Waals surface area (Å²) in [5.74, 6) is -0.889. The molecule has 0 radical (unpaired) electrons. The van der Waals surface area contributed by atoms with E-state index in [9.17, 15) is 9.59 Å². The first kappa shape index (κ1) is 18.2. The van der Waals surface area contributed by atoms with Crippen molar-refractivity contribution in [2.45, 2.75) is 58.7 Å². The zero-order valence-electron chi connectivity index (χ0n) is 14.6. The Morgan fingerprint density at radius 1 is 1.22 bits per heavy atom. The van der Waals surface area contributed by atoms with Gasteiger partial charge in [0.25, 0.3) is 0 Å². The van der Waals surface area contributed by atoms with Crippen LogP contribution < -0.4 is 5.32 Å². The summed E-state index contributed by atoms with van der Waals surface area (Å²) in [6, 6.07) is 0. The summed E-state index contributed by atoms with van der Waals surface area (Å²) < 4.78 is 16.2. The summed E-state index contributed by atoms with van der Waals surface area (Å²) in [6.07, 6.45) is 2.43. The predicted molar refractivity (Wildman–Crippen MR) is 84.9 cm³/mol. The maximum atomic E-state index is 12.7. The van der Waals surface area contributed by atoms with Gasteiger partial charge >= 0.3 is 11.9 Å². The van der Waals surface area contributed by atoms with Crippen LogP contribution in [-0.2, 0) is 23.8 Å². The van der Waals surface area contributed by atoms with Gasteiger partial charge in [0.2, 0.25) is 0 Å². The van der Waals surface area contributed by atoms with Gasteiger partial charge in [0.1, 0.15) is 12.2 Å². The number of carbonyl (C=O) groups is 2. The van der Waals surface area contributed by atoms with Crippen LogP contribution in [0.4, 0.5) is 0 Å². The van der Waals surface area contributed by atoms with E-state index < -0.39 is 5.60 Å². The van der Waals surface area contributed by atoms with Gasteiger partial charge in [-0.2, -0.15) is 0 Å². The van der Waals surface area contributed by atoms with Gasteiger partial charge in [0, 0.05) is 0 Å². The molecule has 132 valence electrons. The second-order valence-corrected chi connectivity index (χ2v) is 7.48. The van der Waals surface area contributed by atoms with E-state index in [4.69, 9.17) is 14.2 Å². The summed E-state index contributed by atoms with van der Waals surface area (Å²) in [5, 5.41) is 3.33. The molecular weight excluding hydrogens is 298 g/mol. The summed E-state index contributed by atoms with van der Waals surface area (Å²) in [6.45, 7) is 9.40. The summed E-state index contributed by atoms with van der Waals surface area (Å²) in [7, 11) is 0. The Bertz CT molecular complexity index is 437. The minimum atomic E-state index is -0.521. The number of hydrogen-bond donors (Lipinski definition) is 1. The number of rotatable bonds is 5. The van der Waals surface area contributed by atoms with Gasteiger partial charge < -0.3 is 19.5 Å². The number of hydrogen-bond acceptors (Lipinski definition) is 6. The predicted octanol–water partition coefficient (Wildman–Crippen LogP) is 1.67. The monoisotopic (exact) mass is 327 g/mol. The van der Waals surface area contributed by atoms with Gasteiger partial charge in [-0.1, -0.05) is 0 Å². The van der Waals surface area contributed by atoms with Crippen LogP contribution in [0.25, 0.3) is 0 Å². The molecule has 2 atom stereocenters. The number of nitrogens with one attached hydrogen (secondary N) is 1. The Morgan fingerprint density at radius 2 is 1.87 bits per heavy atom. The Morgan fingerprint density at radius 3 is 2.43 bits per heavy atom. The molecule has 0 aromatic carbocycles. The zero-order chi connectivity index (χ0) is 17.1. The maximum Gasteiger partial charge on any atom is 0.332 e. The molecule has 2 fully saturated rings. The highest BCUT2D eigenvalue weighted by Gasteiger charge is 2.59. The summed E-state index contributed by atoms with van der Waals surface area (Å²) in [4.78, 5) is 24.1. The fourth-order valence-corrected chi connectivity index (χ4v) is 3.62. The van der Waals surface area contributed by atoms with E-state index in [0.29, 0.717) is 6.61 Å². The van der Waals surface area contributed by atoms with Crippen molar-refractivity contribution in [3.05, 3.63) is 0 Å². The normalized spacial score (nSPS) is 26.4. The molecule has 1 aliphatic carbocycles. The van der Waals surface area contributed by atoms with Gasteiger partial charge in [0.05, 0.1) is 18.6 Å². The SMILES string of the molecule is CCOC(=O)COC1CC2(CCNCC2)C1C(=O)OC(C)(C)C. The van der Waals surface area contributed by atoms with E-state index in [1.807, 2.05) is 20.8 Å². The van der Waals surface area contributed by atoms with Crippen LogP contribution in [-0.4, -0.2) is 49.9 Å². The molecule has 1 heterocycles. The fourth-order valence-electron chi connectivity index (χ4n) is 3.62. The van der Waals surface area contributed by atoms with E-state index in [0.717, 1.165) is 32.4 Å². The molecule has 6 heteroatoms. The molecule has 0 aromatic rings. The molecule has 6 nitrogen and oxygen atoms in total. The van der Waals surface area contributed by atoms with Gasteiger partial charge in [-0.25, -0.2) is 4.79 Å². The molecule has 1 N–H and O–H groups in total. The number of esters is 2. The lowest BCUT2D eigenvalue weighted by atomic mass is 9.54. The lowest BCUT2D eigenvalue weighted by molar-refractivity contribution is -0.205. The van der Waals surface area contributed by atoms with Crippen molar-refractivity contribution in [3.63, 3.8) is 0 Å². The van der Waals surface area contributed by atoms with Crippen LogP contribution in [0, 0.1) is 11.3 Å². The van der Waals surface area contributed by atoms with Crippen LogP contribution in [0.5, 0.6) is 0 Å². The molecule has 1 spiro atoms. The van der Waals surface area contributed by atoms with Gasteiger partial charge in [-0.3, -0.25) is 4.79 Å². The van der Waals surface area contributed by atoms with E-state index in [1.54, 1.807) is 6.92 Å². The Kier molecular flexibility index (Phi) is 5.68. The standard InChI is InChI=1S/C17H29NO5/c1-5-21-13(19)11-22-12-10-17(6-8-18-9-7-17)14(12)15(20)23-16(2,3)4/h12,14,18H,5-11H2,1-4H3. The van der Waals surface area contributed by atoms with Crippen LogP contribution in [0.2, 0.25) is 0 Å². The van der Waals surface area contributed by atoms with E-state index in [2.05, 4.69) is 5.32 Å². The van der Waals surface area contributed by atoms with Crippen molar-refractivity contribution in [2.24, 2.45) is 11.3 Å². The van der Waals surface area contributed by atoms with Crippen molar-refractivity contribution < 1.29 is 23.8 Å². The van der Waals surface area contributed by atoms with Gasteiger partial charge in [-0.15, -0.1) is 0 Å². The quantitative estimate of drug-likeness (QED) is 0.774. The molecule has 1 aliphatic heterocycles. The summed E-state index contributed by atoms with van der Waals surface area (Å²) in [5.41, 5.74) is -0.570. The zero-order valence-corrected chi connectivity index (χ0v) is 14.6. The third kappa shape index (κ3) is 4.44. The topological polar surface area (TPSA) is 73.9 Å². The highest BCUT2D eigenvalue weighted by atomic mass is 16.6. The Labute approximate surface area is 138 Å². The molecule has 2 rings (SSSR count). The molecule has 23 heavy (non-hydrogen) atoms. The van der Waals surface area contributed by atoms with Crippen molar-refractivity contribution >= 4 is 11.9 Å². The Hall–Kier alpha value is -1.14. The fraction of sp³-hybridized carbons (Fsp3) is 0.882. The minimum Gasteiger partial charge on any atom is -0.464 e. The number of piperidine rings is 1. The van der Waals surface area contributed by atoms with Crippen LogP contribution in [0.15, 0.2) is 0 Å². The van der Waals surface area contributed by atoms with Gasteiger partial charge in [-0.05, 0) is 65.5 Å². The number of carbonyl (C=O) groups excluding carboxylic acids is 2. The van der Waals surface area contributed by atoms with Crippen molar-refractivity contribution in [1.82, 2.24) is 5.32 Å². The second kappa shape index (κ2) is 7.18. The van der Waals surface area contributed by atoms with E-state index in [1.165, 1.54) is 0 Å². The van der Waals surface area contributed by atoms with Gasteiger partial charge in [0.15, 0.2) is 0 Å². The molecule has 1 saturated heterocycles. The first-order chi connectivity index (χ1) is 10.8. The molecule has 0 amide bonds. The molecular formula is C17H29NO5. The molecule has 2 unspecified atom stereocenters. The lowest BCUT2D eigenvalue weighted by Crippen LogP contribution is -2.61. The molecule has 0 aromatic heterocycles. The van der Waals surface area contributed by atoms with E-state index >= 15 is 0 Å². The third-order valence-electron chi connectivity index (χ3n) is 4.62. The van der Waals surface area contributed by atoms with Crippen LogP contribution in [0.3, 0.4) is 0 Å². The molecule has 2 aliphatic rings. The summed E-state index contributed by atoms with van der Waals surface area (Å²) >= 11 is 0. The molecule has 1 saturated carbocycles. The third-order valence-corrected chi connectivity index (χ3v) is 4.62. The number of ether oxygens (including phenoxy) is 3. The smallest absolute Gasteiger partial charge is 0.332 e. The maximum absolute atomic E-state index is 12.7. The second-order valence-electron chi connectivity index (χ2n) is 7.48. The van der Waals surface area contributed by atoms with Crippen LogP contribution >= 0.6 is 0 Å². The largest absolute Gasteiger partial charge is 0.464 e. The van der Waals surface area contributed by atoms with Crippen molar-refractivity contribution in [2.75, 3.05) is 26.3 Å². The van der Waals surface area contributed by atoms with Crippen molar-refractivity contribution in [3.8, 4) is 0 Å². The average molecular weight is 327 g/mol. The first-order valence-corrected chi connectivity index (χ1v) is 8.48. The average Bonchev–Trinajstić information content (AvgIpc) is 2.42. The lowest BCUT2D eigenvalue weighted by Gasteiger charge is -2.55.